The highest BCUT2D eigenvalue weighted by Gasteiger charge is 2.06. The number of amides is 1. The quantitative estimate of drug-likeness (QED) is 0.858. The molecule has 4 heteroatoms. The van der Waals surface area contributed by atoms with Gasteiger partial charge in [-0.05, 0) is 43.5 Å². The zero-order chi connectivity index (χ0) is 16.1. The first-order chi connectivity index (χ1) is 10.4. The van der Waals surface area contributed by atoms with E-state index >= 15 is 0 Å². The Balaban J connectivity index is 2.01. The van der Waals surface area contributed by atoms with Crippen LogP contribution in [0, 0.1) is 19.8 Å². The van der Waals surface area contributed by atoms with E-state index in [2.05, 4.69) is 47.7 Å². The van der Waals surface area contributed by atoms with Gasteiger partial charge in [0.05, 0.1) is 11.9 Å². The minimum atomic E-state index is -0.00223. The van der Waals surface area contributed by atoms with Gasteiger partial charge >= 0.3 is 0 Å². The van der Waals surface area contributed by atoms with Crippen LogP contribution in [0.5, 0.6) is 0 Å². The van der Waals surface area contributed by atoms with E-state index in [0.29, 0.717) is 18.2 Å². The second-order valence-corrected chi connectivity index (χ2v) is 6.02. The molecule has 0 bridgehead atoms. The molecule has 0 spiro atoms. The van der Waals surface area contributed by atoms with E-state index in [0.717, 1.165) is 11.4 Å². The van der Waals surface area contributed by atoms with Crippen LogP contribution in [-0.4, -0.2) is 10.9 Å². The monoisotopic (exact) mass is 297 g/mol. The smallest absolute Gasteiger partial charge is 0.225 e. The molecule has 0 radical (unpaired) electrons. The molecule has 0 fully saturated rings. The van der Waals surface area contributed by atoms with Crippen LogP contribution in [0.2, 0.25) is 0 Å². The summed E-state index contributed by atoms with van der Waals surface area (Å²) in [5.74, 6) is 0.917. The Morgan fingerprint density at radius 3 is 2.55 bits per heavy atom. The number of hydrogen-bond donors (Lipinski definition) is 2. The third-order valence-corrected chi connectivity index (χ3v) is 3.29. The van der Waals surface area contributed by atoms with E-state index in [-0.39, 0.29) is 5.91 Å². The normalized spacial score (nSPS) is 10.6. The molecule has 2 N–H and O–H groups in total. The van der Waals surface area contributed by atoms with Crippen molar-refractivity contribution in [3.05, 3.63) is 47.7 Å². The summed E-state index contributed by atoms with van der Waals surface area (Å²) in [6, 6.07) is 9.99. The second kappa shape index (κ2) is 7.07. The summed E-state index contributed by atoms with van der Waals surface area (Å²) in [5, 5.41) is 6.14. The summed E-state index contributed by atoms with van der Waals surface area (Å²) in [6.07, 6.45) is 2.23. The van der Waals surface area contributed by atoms with Crippen molar-refractivity contribution >= 4 is 23.1 Å². The standard InChI is InChI=1S/C18H23N3O/c1-12(2)9-18(22)21-17-8-6-15(11-19-17)20-16-7-5-13(3)10-14(16)4/h5-8,10-12,20H,9H2,1-4H3,(H,19,21,22). The SMILES string of the molecule is Cc1ccc(Nc2ccc(NC(=O)CC(C)C)nc2)c(C)c1. The molecular formula is C18H23N3O. The predicted molar refractivity (Wildman–Crippen MR) is 91.5 cm³/mol. The zero-order valence-corrected chi connectivity index (χ0v) is 13.6. The second-order valence-electron chi connectivity index (χ2n) is 6.02. The van der Waals surface area contributed by atoms with E-state index in [1.807, 2.05) is 26.0 Å². The van der Waals surface area contributed by atoms with Gasteiger partial charge in [0.15, 0.2) is 0 Å². The number of nitrogens with zero attached hydrogens (tertiary/aromatic N) is 1. The van der Waals surface area contributed by atoms with Crippen LogP contribution >= 0.6 is 0 Å². The van der Waals surface area contributed by atoms with Crippen molar-refractivity contribution in [3.8, 4) is 0 Å². The lowest BCUT2D eigenvalue weighted by atomic mass is 10.1. The van der Waals surface area contributed by atoms with E-state index in [4.69, 9.17) is 0 Å². The molecule has 0 saturated heterocycles. The van der Waals surface area contributed by atoms with Crippen molar-refractivity contribution in [2.24, 2.45) is 5.92 Å². The van der Waals surface area contributed by atoms with Gasteiger partial charge in [0.25, 0.3) is 0 Å². The molecule has 1 amide bonds. The van der Waals surface area contributed by atoms with Crippen LogP contribution in [0.1, 0.15) is 31.4 Å². The van der Waals surface area contributed by atoms with Gasteiger partial charge in [0, 0.05) is 12.1 Å². The molecule has 1 aromatic heterocycles. The van der Waals surface area contributed by atoms with Crippen LogP contribution in [-0.2, 0) is 4.79 Å². The highest BCUT2D eigenvalue weighted by Crippen LogP contribution is 2.21. The fourth-order valence-corrected chi connectivity index (χ4v) is 2.22. The number of rotatable bonds is 5. The molecule has 22 heavy (non-hydrogen) atoms. The summed E-state index contributed by atoms with van der Waals surface area (Å²) < 4.78 is 0. The first-order valence-corrected chi connectivity index (χ1v) is 7.54. The van der Waals surface area contributed by atoms with Crippen LogP contribution in [0.25, 0.3) is 0 Å². The molecule has 0 aliphatic carbocycles. The summed E-state index contributed by atoms with van der Waals surface area (Å²) >= 11 is 0. The minimum Gasteiger partial charge on any atom is -0.354 e. The first-order valence-electron chi connectivity index (χ1n) is 7.54. The highest BCUT2D eigenvalue weighted by molar-refractivity contribution is 5.89. The zero-order valence-electron chi connectivity index (χ0n) is 13.6. The van der Waals surface area contributed by atoms with Crippen LogP contribution < -0.4 is 10.6 Å². The van der Waals surface area contributed by atoms with E-state index in [1.54, 1.807) is 6.20 Å². The Morgan fingerprint density at radius 1 is 1.18 bits per heavy atom. The van der Waals surface area contributed by atoms with Crippen LogP contribution in [0.4, 0.5) is 17.2 Å². The molecule has 0 unspecified atom stereocenters. The lowest BCUT2D eigenvalue weighted by Gasteiger charge is -2.11. The maximum absolute atomic E-state index is 11.7. The third-order valence-electron chi connectivity index (χ3n) is 3.29. The highest BCUT2D eigenvalue weighted by atomic mass is 16.1. The maximum Gasteiger partial charge on any atom is 0.225 e. The largest absolute Gasteiger partial charge is 0.354 e. The minimum absolute atomic E-state index is 0.00223. The molecule has 0 aliphatic rings. The fraction of sp³-hybridized carbons (Fsp3) is 0.333. The molecule has 1 aromatic carbocycles. The number of anilines is 3. The number of aromatic nitrogens is 1. The number of hydrogen-bond acceptors (Lipinski definition) is 3. The lowest BCUT2D eigenvalue weighted by molar-refractivity contribution is -0.116. The van der Waals surface area contributed by atoms with Gasteiger partial charge in [-0.1, -0.05) is 31.5 Å². The summed E-state index contributed by atoms with van der Waals surface area (Å²) in [4.78, 5) is 16.0. The van der Waals surface area contributed by atoms with E-state index < -0.39 is 0 Å². The lowest BCUT2D eigenvalue weighted by Crippen LogP contribution is -2.14. The molecule has 116 valence electrons. The Labute approximate surface area is 132 Å². The van der Waals surface area contributed by atoms with Gasteiger partial charge in [-0.2, -0.15) is 0 Å². The Hall–Kier alpha value is -2.36. The van der Waals surface area contributed by atoms with Crippen molar-refractivity contribution < 1.29 is 4.79 Å². The van der Waals surface area contributed by atoms with Crippen LogP contribution in [0.3, 0.4) is 0 Å². The van der Waals surface area contributed by atoms with Crippen molar-refractivity contribution in [1.82, 2.24) is 4.98 Å². The van der Waals surface area contributed by atoms with Gasteiger partial charge < -0.3 is 10.6 Å². The molecule has 4 nitrogen and oxygen atoms in total. The number of carbonyl (C=O) groups is 1. The van der Waals surface area contributed by atoms with Crippen LogP contribution in [0.15, 0.2) is 36.5 Å². The van der Waals surface area contributed by atoms with E-state index in [9.17, 15) is 4.79 Å². The van der Waals surface area contributed by atoms with Crippen molar-refractivity contribution in [1.29, 1.82) is 0 Å². The first kappa shape index (κ1) is 16.0. The van der Waals surface area contributed by atoms with E-state index in [1.165, 1.54) is 11.1 Å². The molecule has 0 saturated carbocycles. The van der Waals surface area contributed by atoms with Crippen molar-refractivity contribution in [3.63, 3.8) is 0 Å². The average Bonchev–Trinajstić information content (AvgIpc) is 2.43. The topological polar surface area (TPSA) is 54.0 Å². The third kappa shape index (κ3) is 4.58. The number of pyridine rings is 1. The summed E-state index contributed by atoms with van der Waals surface area (Å²) in [6.45, 7) is 8.18. The molecule has 2 aromatic rings. The molecule has 1 heterocycles. The Morgan fingerprint density at radius 2 is 1.95 bits per heavy atom. The predicted octanol–water partition coefficient (Wildman–Crippen LogP) is 4.43. The van der Waals surface area contributed by atoms with Gasteiger partial charge in [0.1, 0.15) is 5.82 Å². The molecule has 2 rings (SSSR count). The number of carbonyl (C=O) groups excluding carboxylic acids is 1. The number of benzene rings is 1. The van der Waals surface area contributed by atoms with Gasteiger partial charge in [-0.15, -0.1) is 0 Å². The Kier molecular flexibility index (Phi) is 5.15. The molecular weight excluding hydrogens is 274 g/mol. The number of aryl methyl sites for hydroxylation is 2. The summed E-state index contributed by atoms with van der Waals surface area (Å²) in [5.41, 5.74) is 4.39. The Bertz CT molecular complexity index is 648. The van der Waals surface area contributed by atoms with Crippen molar-refractivity contribution in [2.75, 3.05) is 10.6 Å². The summed E-state index contributed by atoms with van der Waals surface area (Å²) in [7, 11) is 0. The van der Waals surface area contributed by atoms with Gasteiger partial charge in [0.2, 0.25) is 5.91 Å². The average molecular weight is 297 g/mol. The maximum atomic E-state index is 11.7. The fourth-order valence-electron chi connectivity index (χ4n) is 2.22. The molecule has 0 atom stereocenters. The van der Waals surface area contributed by atoms with Crippen molar-refractivity contribution in [2.45, 2.75) is 34.1 Å². The van der Waals surface area contributed by atoms with Gasteiger partial charge in [-0.3, -0.25) is 4.79 Å². The number of nitrogens with one attached hydrogen (secondary N) is 2. The molecule has 0 aliphatic heterocycles. The van der Waals surface area contributed by atoms with Gasteiger partial charge in [-0.25, -0.2) is 4.98 Å².